The first-order valence-corrected chi connectivity index (χ1v) is 7.44. The maximum absolute atomic E-state index is 12.0. The van der Waals surface area contributed by atoms with Gasteiger partial charge in [0.05, 0.1) is 0 Å². The lowest BCUT2D eigenvalue weighted by atomic mass is 9.96. The van der Waals surface area contributed by atoms with Gasteiger partial charge in [-0.2, -0.15) is 0 Å². The van der Waals surface area contributed by atoms with Crippen molar-refractivity contribution in [2.45, 2.75) is 58.0 Å². The summed E-state index contributed by atoms with van der Waals surface area (Å²) in [5, 5.41) is 9.18. The lowest BCUT2D eigenvalue weighted by molar-refractivity contribution is -0.121. The van der Waals surface area contributed by atoms with E-state index >= 15 is 0 Å². The summed E-state index contributed by atoms with van der Waals surface area (Å²) < 4.78 is 0. The van der Waals surface area contributed by atoms with Gasteiger partial charge in [-0.3, -0.25) is 4.79 Å². The van der Waals surface area contributed by atoms with Crippen LogP contribution in [0.25, 0.3) is 0 Å². The topological polar surface area (TPSA) is 78.9 Å². The Kier molecular flexibility index (Phi) is 4.34. The van der Waals surface area contributed by atoms with Crippen molar-refractivity contribution >= 4 is 17.5 Å². The van der Waals surface area contributed by atoms with E-state index in [9.17, 15) is 4.79 Å². The van der Waals surface area contributed by atoms with E-state index < -0.39 is 0 Å². The van der Waals surface area contributed by atoms with Crippen molar-refractivity contribution in [2.75, 3.05) is 17.7 Å². The summed E-state index contributed by atoms with van der Waals surface area (Å²) in [6.07, 6.45) is 2.17. The quantitative estimate of drug-likeness (QED) is 0.772. The molecule has 6 heteroatoms. The van der Waals surface area contributed by atoms with Crippen LogP contribution >= 0.6 is 0 Å². The van der Waals surface area contributed by atoms with E-state index in [0.29, 0.717) is 11.9 Å². The van der Waals surface area contributed by atoms with E-state index in [1.54, 1.807) is 0 Å². The van der Waals surface area contributed by atoms with Gasteiger partial charge >= 0.3 is 0 Å². The number of carbonyl (C=O) groups excluding carboxylic acids is 1. The molecule has 1 atom stereocenters. The number of carbonyl (C=O) groups is 1. The Morgan fingerprint density at radius 2 is 1.90 bits per heavy atom. The molecule has 2 rings (SSSR count). The molecule has 0 aromatic carbocycles. The first-order valence-electron chi connectivity index (χ1n) is 7.44. The van der Waals surface area contributed by atoms with Crippen molar-refractivity contribution in [3.63, 3.8) is 0 Å². The molecule has 1 aliphatic carbocycles. The first kappa shape index (κ1) is 15.5. The average molecular weight is 291 g/mol. The average Bonchev–Trinajstić information content (AvgIpc) is 3.21. The second-order valence-electron chi connectivity index (χ2n) is 6.61. The standard InChI is InChI=1S/C15H25N5O/c1-9(13(21)18-10-6-7-10)17-12-8-11(16-5)19-14(20-12)15(2,3)4/h8-10H,6-7H2,1-5H3,(H,18,21)(H2,16,17,19,20). The number of hydrogen-bond donors (Lipinski definition) is 3. The molecular weight excluding hydrogens is 266 g/mol. The van der Waals surface area contributed by atoms with Crippen molar-refractivity contribution in [1.29, 1.82) is 0 Å². The van der Waals surface area contributed by atoms with Gasteiger partial charge in [-0.15, -0.1) is 0 Å². The van der Waals surface area contributed by atoms with Crippen LogP contribution in [0.2, 0.25) is 0 Å². The molecule has 0 bridgehead atoms. The van der Waals surface area contributed by atoms with E-state index in [2.05, 4.69) is 46.7 Å². The van der Waals surface area contributed by atoms with Crippen LogP contribution < -0.4 is 16.0 Å². The van der Waals surface area contributed by atoms with Crippen LogP contribution in [0.1, 0.15) is 46.4 Å². The molecule has 6 nitrogen and oxygen atoms in total. The zero-order valence-electron chi connectivity index (χ0n) is 13.4. The van der Waals surface area contributed by atoms with Crippen LogP contribution in [0.3, 0.4) is 0 Å². The summed E-state index contributed by atoms with van der Waals surface area (Å²) in [5.41, 5.74) is -0.150. The third kappa shape index (κ3) is 4.31. The zero-order chi connectivity index (χ0) is 15.6. The Morgan fingerprint density at radius 3 is 2.43 bits per heavy atom. The second-order valence-corrected chi connectivity index (χ2v) is 6.61. The fraction of sp³-hybridized carbons (Fsp3) is 0.667. The smallest absolute Gasteiger partial charge is 0.242 e. The molecule has 1 aliphatic rings. The highest BCUT2D eigenvalue weighted by atomic mass is 16.2. The molecule has 0 spiro atoms. The molecule has 0 aliphatic heterocycles. The van der Waals surface area contributed by atoms with E-state index in [1.165, 1.54) is 0 Å². The van der Waals surface area contributed by atoms with Crippen LogP contribution in [-0.2, 0) is 10.2 Å². The molecule has 1 amide bonds. The van der Waals surface area contributed by atoms with Crippen LogP contribution in [0.15, 0.2) is 6.07 Å². The SMILES string of the molecule is CNc1cc(NC(C)C(=O)NC2CC2)nc(C(C)(C)C)n1. The summed E-state index contributed by atoms with van der Waals surface area (Å²) in [4.78, 5) is 21.0. The molecule has 1 saturated carbocycles. The van der Waals surface area contributed by atoms with Crippen LogP contribution in [0.4, 0.5) is 11.6 Å². The molecule has 1 aromatic rings. The minimum Gasteiger partial charge on any atom is -0.373 e. The monoisotopic (exact) mass is 291 g/mol. The van der Waals surface area contributed by atoms with Gasteiger partial charge in [-0.25, -0.2) is 9.97 Å². The van der Waals surface area contributed by atoms with E-state index in [0.717, 1.165) is 24.5 Å². The first-order chi connectivity index (χ1) is 9.79. The Morgan fingerprint density at radius 1 is 1.29 bits per heavy atom. The van der Waals surface area contributed by atoms with Crippen molar-refractivity contribution in [2.24, 2.45) is 0 Å². The van der Waals surface area contributed by atoms with E-state index in [4.69, 9.17) is 0 Å². The lowest BCUT2D eigenvalue weighted by Crippen LogP contribution is -2.39. The van der Waals surface area contributed by atoms with Gasteiger partial charge < -0.3 is 16.0 Å². The molecule has 3 N–H and O–H groups in total. The van der Waals surface area contributed by atoms with Gasteiger partial charge in [0.1, 0.15) is 23.5 Å². The Hall–Kier alpha value is -1.85. The highest BCUT2D eigenvalue weighted by Gasteiger charge is 2.26. The third-order valence-electron chi connectivity index (χ3n) is 3.33. The number of rotatable bonds is 5. The number of amides is 1. The van der Waals surface area contributed by atoms with Crippen LogP contribution in [-0.4, -0.2) is 35.0 Å². The van der Waals surface area contributed by atoms with Gasteiger partial charge in [-0.1, -0.05) is 20.8 Å². The zero-order valence-corrected chi connectivity index (χ0v) is 13.4. The maximum Gasteiger partial charge on any atom is 0.242 e. The van der Waals surface area contributed by atoms with Crippen molar-refractivity contribution in [3.8, 4) is 0 Å². The highest BCUT2D eigenvalue weighted by Crippen LogP contribution is 2.23. The predicted octanol–water partition coefficient (Wildman–Crippen LogP) is 1.89. The summed E-state index contributed by atoms with van der Waals surface area (Å²) in [5.74, 6) is 2.16. The fourth-order valence-electron chi connectivity index (χ4n) is 1.83. The maximum atomic E-state index is 12.0. The number of aromatic nitrogens is 2. The highest BCUT2D eigenvalue weighted by molar-refractivity contribution is 5.84. The Balaban J connectivity index is 2.12. The summed E-state index contributed by atoms with van der Waals surface area (Å²) >= 11 is 0. The van der Waals surface area contributed by atoms with Gasteiger partial charge in [0.25, 0.3) is 0 Å². The number of anilines is 2. The van der Waals surface area contributed by atoms with E-state index in [-0.39, 0.29) is 17.4 Å². The van der Waals surface area contributed by atoms with Gasteiger partial charge in [0, 0.05) is 24.6 Å². The van der Waals surface area contributed by atoms with Gasteiger partial charge in [-0.05, 0) is 19.8 Å². The molecule has 0 radical (unpaired) electrons. The molecule has 21 heavy (non-hydrogen) atoms. The molecule has 1 aromatic heterocycles. The third-order valence-corrected chi connectivity index (χ3v) is 3.33. The van der Waals surface area contributed by atoms with Crippen LogP contribution in [0.5, 0.6) is 0 Å². The molecule has 1 heterocycles. The number of nitrogens with zero attached hydrogens (tertiary/aromatic N) is 2. The Labute approximate surface area is 126 Å². The van der Waals surface area contributed by atoms with Crippen molar-refractivity contribution in [3.05, 3.63) is 11.9 Å². The molecule has 1 unspecified atom stereocenters. The largest absolute Gasteiger partial charge is 0.373 e. The van der Waals surface area contributed by atoms with E-state index in [1.807, 2.05) is 20.0 Å². The normalized spacial score (nSPS) is 16.2. The fourth-order valence-corrected chi connectivity index (χ4v) is 1.83. The second kappa shape index (κ2) is 5.87. The number of nitrogens with one attached hydrogen (secondary N) is 3. The van der Waals surface area contributed by atoms with Gasteiger partial charge in [0.2, 0.25) is 5.91 Å². The summed E-state index contributed by atoms with van der Waals surface area (Å²) in [6, 6.07) is 1.86. The summed E-state index contributed by atoms with van der Waals surface area (Å²) in [7, 11) is 1.82. The lowest BCUT2D eigenvalue weighted by Gasteiger charge is -2.20. The van der Waals surface area contributed by atoms with Crippen molar-refractivity contribution < 1.29 is 4.79 Å². The minimum atomic E-state index is -0.321. The molecular formula is C15H25N5O. The molecule has 116 valence electrons. The van der Waals surface area contributed by atoms with Crippen molar-refractivity contribution in [1.82, 2.24) is 15.3 Å². The van der Waals surface area contributed by atoms with Gasteiger partial charge in [0.15, 0.2) is 0 Å². The summed E-state index contributed by atoms with van der Waals surface area (Å²) in [6.45, 7) is 8.04. The predicted molar refractivity (Wildman–Crippen MR) is 84.5 cm³/mol. The Bertz CT molecular complexity index is 519. The number of hydrogen-bond acceptors (Lipinski definition) is 5. The minimum absolute atomic E-state index is 0.0134. The van der Waals surface area contributed by atoms with Crippen LogP contribution in [0, 0.1) is 0 Å². The molecule has 0 saturated heterocycles. The molecule has 1 fully saturated rings.